The highest BCUT2D eigenvalue weighted by Crippen LogP contribution is 2.37. The number of nitrogens with one attached hydrogen (secondary N) is 1. The number of aryl methyl sites for hydroxylation is 1. The highest BCUT2D eigenvalue weighted by molar-refractivity contribution is 7.17. The van der Waals surface area contributed by atoms with Crippen LogP contribution in [0.3, 0.4) is 0 Å². The monoisotopic (exact) mass is 381 g/mol. The average molecular weight is 381 g/mol. The number of H-pyrrole nitrogens is 1. The maximum absolute atomic E-state index is 13.9. The molecule has 4 rings (SSSR count). The Morgan fingerprint density at radius 3 is 2.67 bits per heavy atom. The molecule has 1 unspecified atom stereocenters. The lowest BCUT2D eigenvalue weighted by Crippen LogP contribution is -2.09. The number of hydrogen-bond acceptors (Lipinski definition) is 4. The fraction of sp³-hybridized carbons (Fsp3) is 0.238. The van der Waals surface area contributed by atoms with Crippen molar-refractivity contribution in [2.45, 2.75) is 26.4 Å². The number of benzene rings is 1. The maximum atomic E-state index is 13.9. The van der Waals surface area contributed by atoms with Gasteiger partial charge in [0.2, 0.25) is 0 Å². The number of nitrogens with two attached hydrogens (primary N) is 1. The van der Waals surface area contributed by atoms with E-state index < -0.39 is 6.67 Å². The summed E-state index contributed by atoms with van der Waals surface area (Å²) in [5.74, 6) is 0.257. The maximum Gasteiger partial charge on any atom is 0.266 e. The molecule has 138 valence electrons. The zero-order valence-electron chi connectivity index (χ0n) is 15.2. The molecule has 0 spiro atoms. The van der Waals surface area contributed by atoms with Gasteiger partial charge in [0.15, 0.2) is 0 Å². The summed E-state index contributed by atoms with van der Waals surface area (Å²) in [5.41, 5.74) is 10.1. The number of pyridine rings is 2. The van der Waals surface area contributed by atoms with Crippen molar-refractivity contribution in [2.24, 2.45) is 5.73 Å². The number of fused-ring (bicyclic) bond motifs is 3. The summed E-state index contributed by atoms with van der Waals surface area (Å²) in [4.78, 5) is 19.8. The first kappa shape index (κ1) is 17.8. The minimum absolute atomic E-state index is 0.136. The van der Waals surface area contributed by atoms with Gasteiger partial charge in [-0.3, -0.25) is 9.78 Å². The third-order valence-electron chi connectivity index (χ3n) is 5.08. The molecule has 27 heavy (non-hydrogen) atoms. The van der Waals surface area contributed by atoms with Gasteiger partial charge in [-0.1, -0.05) is 31.2 Å². The predicted molar refractivity (Wildman–Crippen MR) is 110 cm³/mol. The van der Waals surface area contributed by atoms with Crippen LogP contribution in [0.15, 0.2) is 40.5 Å². The predicted octanol–water partition coefficient (Wildman–Crippen LogP) is 4.64. The third-order valence-corrected chi connectivity index (χ3v) is 5.99. The Bertz CT molecular complexity index is 1190. The van der Waals surface area contributed by atoms with Gasteiger partial charge in [-0.25, -0.2) is 4.39 Å². The van der Waals surface area contributed by atoms with Crippen molar-refractivity contribution in [3.63, 3.8) is 0 Å². The van der Waals surface area contributed by atoms with Crippen molar-refractivity contribution < 1.29 is 4.39 Å². The van der Waals surface area contributed by atoms with E-state index in [-0.39, 0.29) is 11.5 Å². The van der Waals surface area contributed by atoms with E-state index in [9.17, 15) is 9.18 Å². The first-order valence-electron chi connectivity index (χ1n) is 8.84. The minimum atomic E-state index is -0.669. The Morgan fingerprint density at radius 1 is 1.26 bits per heavy atom. The molecule has 0 aliphatic heterocycles. The van der Waals surface area contributed by atoms with Crippen LogP contribution in [-0.4, -0.2) is 16.5 Å². The molecule has 0 aliphatic carbocycles. The van der Waals surface area contributed by atoms with Crippen molar-refractivity contribution >= 4 is 32.3 Å². The fourth-order valence-electron chi connectivity index (χ4n) is 3.56. The summed E-state index contributed by atoms with van der Waals surface area (Å²) >= 11 is 1.39. The number of rotatable bonds is 4. The standard InChI is InChI=1S/C21H20FN3OS/c1-11(10-23)13-3-5-14(6-4-13)17-16(9-22)24-12(2)19-18(17)15-7-8-27-20(15)21(26)25-19/h3-8,11H,9-10,23H2,1-2H3,(H,25,26). The number of halogens is 1. The van der Waals surface area contributed by atoms with Crippen LogP contribution in [0.2, 0.25) is 0 Å². The quantitative estimate of drug-likeness (QED) is 0.541. The van der Waals surface area contributed by atoms with Gasteiger partial charge in [-0.05, 0) is 42.0 Å². The molecular weight excluding hydrogens is 361 g/mol. The Labute approximate surface area is 159 Å². The number of hydrogen-bond donors (Lipinski definition) is 2. The van der Waals surface area contributed by atoms with Gasteiger partial charge in [-0.2, -0.15) is 0 Å². The molecule has 4 nitrogen and oxygen atoms in total. The van der Waals surface area contributed by atoms with Crippen LogP contribution in [0.4, 0.5) is 4.39 Å². The van der Waals surface area contributed by atoms with E-state index >= 15 is 0 Å². The molecule has 0 aliphatic rings. The van der Waals surface area contributed by atoms with Crippen LogP contribution in [0.1, 0.15) is 29.8 Å². The topological polar surface area (TPSA) is 71.8 Å². The van der Waals surface area contributed by atoms with Crippen molar-refractivity contribution in [2.75, 3.05) is 6.54 Å². The molecule has 3 aromatic heterocycles. The van der Waals surface area contributed by atoms with Crippen LogP contribution in [0.5, 0.6) is 0 Å². The highest BCUT2D eigenvalue weighted by atomic mass is 32.1. The van der Waals surface area contributed by atoms with Gasteiger partial charge in [0, 0.05) is 16.3 Å². The lowest BCUT2D eigenvalue weighted by molar-refractivity contribution is 0.477. The van der Waals surface area contributed by atoms with Gasteiger partial charge in [0.05, 0.1) is 16.9 Å². The number of alkyl halides is 1. The second-order valence-corrected chi connectivity index (χ2v) is 7.69. The summed E-state index contributed by atoms with van der Waals surface area (Å²) in [6.45, 7) is 3.77. The third kappa shape index (κ3) is 2.85. The van der Waals surface area contributed by atoms with E-state index in [0.717, 1.165) is 27.5 Å². The summed E-state index contributed by atoms with van der Waals surface area (Å²) in [7, 11) is 0. The Balaban J connectivity index is 2.08. The summed E-state index contributed by atoms with van der Waals surface area (Å²) in [6.07, 6.45) is 0. The van der Waals surface area contributed by atoms with E-state index in [1.165, 1.54) is 11.3 Å². The molecule has 1 aromatic carbocycles. The lowest BCUT2D eigenvalue weighted by Gasteiger charge is -2.15. The number of nitrogens with zero attached hydrogens (tertiary/aromatic N) is 1. The Hall–Kier alpha value is -2.57. The highest BCUT2D eigenvalue weighted by Gasteiger charge is 2.19. The molecule has 6 heteroatoms. The van der Waals surface area contributed by atoms with Gasteiger partial charge in [0.1, 0.15) is 11.4 Å². The van der Waals surface area contributed by atoms with Crippen molar-refractivity contribution in [3.05, 3.63) is 63.0 Å². The molecule has 0 fully saturated rings. The van der Waals surface area contributed by atoms with E-state index in [1.54, 1.807) is 6.92 Å². The van der Waals surface area contributed by atoms with Gasteiger partial charge in [0.25, 0.3) is 5.56 Å². The number of aromatic amines is 1. The fourth-order valence-corrected chi connectivity index (χ4v) is 4.36. The number of thiophene rings is 1. The normalized spacial score (nSPS) is 12.7. The van der Waals surface area contributed by atoms with Crippen LogP contribution in [-0.2, 0) is 6.67 Å². The average Bonchev–Trinajstić information content (AvgIpc) is 3.18. The van der Waals surface area contributed by atoms with Crippen LogP contribution >= 0.6 is 11.3 Å². The second-order valence-electron chi connectivity index (χ2n) is 6.78. The van der Waals surface area contributed by atoms with Crippen LogP contribution in [0, 0.1) is 6.92 Å². The largest absolute Gasteiger partial charge is 0.330 e. The minimum Gasteiger partial charge on any atom is -0.330 e. The summed E-state index contributed by atoms with van der Waals surface area (Å²) < 4.78 is 14.5. The molecule has 1 atom stereocenters. The van der Waals surface area contributed by atoms with E-state index in [4.69, 9.17) is 5.73 Å². The smallest absolute Gasteiger partial charge is 0.266 e. The molecule has 3 heterocycles. The Morgan fingerprint density at radius 2 is 2.00 bits per heavy atom. The first-order valence-corrected chi connectivity index (χ1v) is 9.72. The molecule has 0 saturated carbocycles. The molecule has 4 aromatic rings. The second kappa shape index (κ2) is 6.87. The van der Waals surface area contributed by atoms with E-state index in [0.29, 0.717) is 28.1 Å². The van der Waals surface area contributed by atoms with Gasteiger partial charge in [-0.15, -0.1) is 11.3 Å². The van der Waals surface area contributed by atoms with E-state index in [2.05, 4.69) is 16.9 Å². The molecular formula is C21H20FN3OS. The zero-order valence-corrected chi connectivity index (χ0v) is 16.0. The summed E-state index contributed by atoms with van der Waals surface area (Å²) in [6, 6.07) is 9.94. The van der Waals surface area contributed by atoms with Crippen LogP contribution in [0.25, 0.3) is 32.1 Å². The first-order chi connectivity index (χ1) is 13.0. The molecule has 0 bridgehead atoms. The van der Waals surface area contributed by atoms with Crippen LogP contribution < -0.4 is 11.3 Å². The zero-order chi connectivity index (χ0) is 19.1. The molecule has 0 radical (unpaired) electrons. The lowest BCUT2D eigenvalue weighted by atomic mass is 9.93. The van der Waals surface area contributed by atoms with Crippen molar-refractivity contribution in [1.29, 1.82) is 0 Å². The Kier molecular flexibility index (Phi) is 4.53. The molecule has 0 saturated heterocycles. The number of aromatic nitrogens is 2. The summed E-state index contributed by atoms with van der Waals surface area (Å²) in [5, 5.41) is 3.58. The van der Waals surface area contributed by atoms with Crippen molar-refractivity contribution in [3.8, 4) is 11.1 Å². The van der Waals surface area contributed by atoms with Gasteiger partial charge < -0.3 is 10.7 Å². The molecule has 3 N–H and O–H groups in total. The SMILES string of the molecule is Cc1nc(CF)c(-c2ccc(C(C)CN)cc2)c2c1[nH]c(=O)c1sccc12. The van der Waals surface area contributed by atoms with E-state index in [1.807, 2.05) is 35.7 Å². The van der Waals surface area contributed by atoms with Crippen molar-refractivity contribution in [1.82, 2.24) is 9.97 Å². The molecule has 0 amide bonds. The van der Waals surface area contributed by atoms with Gasteiger partial charge >= 0.3 is 0 Å².